The Morgan fingerprint density at radius 1 is 1.40 bits per heavy atom. The van der Waals surface area contributed by atoms with Crippen LogP contribution in [0.4, 0.5) is 4.39 Å². The smallest absolute Gasteiger partial charge is 0.224 e. The third-order valence-electron chi connectivity index (χ3n) is 6.53. The Labute approximate surface area is 148 Å². The van der Waals surface area contributed by atoms with E-state index in [-0.39, 0.29) is 36.2 Å². The molecule has 7 atom stereocenters. The van der Waals surface area contributed by atoms with Gasteiger partial charge in [0.25, 0.3) is 0 Å². The van der Waals surface area contributed by atoms with Gasteiger partial charge in [0.15, 0.2) is 0 Å². The van der Waals surface area contributed by atoms with Crippen LogP contribution in [0, 0.1) is 23.2 Å². The number of rotatable bonds is 2. The summed E-state index contributed by atoms with van der Waals surface area (Å²) in [6, 6.07) is 2.63. The minimum absolute atomic E-state index is 0.00940. The van der Waals surface area contributed by atoms with E-state index in [1.165, 1.54) is 0 Å². The van der Waals surface area contributed by atoms with Gasteiger partial charge in [0.2, 0.25) is 5.91 Å². The van der Waals surface area contributed by atoms with Gasteiger partial charge in [0.05, 0.1) is 12.0 Å². The first kappa shape index (κ1) is 17.2. The van der Waals surface area contributed by atoms with E-state index in [0.717, 1.165) is 25.9 Å². The van der Waals surface area contributed by atoms with Gasteiger partial charge in [-0.25, -0.2) is 4.39 Å². The van der Waals surface area contributed by atoms with Gasteiger partial charge in [-0.2, -0.15) is 5.26 Å². The summed E-state index contributed by atoms with van der Waals surface area (Å²) in [5.41, 5.74) is 0. The van der Waals surface area contributed by atoms with Crippen molar-refractivity contribution in [1.82, 2.24) is 20.4 Å². The van der Waals surface area contributed by atoms with Crippen molar-refractivity contribution < 1.29 is 9.18 Å². The number of carbonyl (C=O) groups excluding carboxylic acids is 1. The maximum atomic E-state index is 14.3. The number of halogens is 1. The summed E-state index contributed by atoms with van der Waals surface area (Å²) < 4.78 is 14.3. The molecule has 1 amide bonds. The maximum absolute atomic E-state index is 14.3. The fourth-order valence-electron chi connectivity index (χ4n) is 5.42. The van der Waals surface area contributed by atoms with E-state index in [4.69, 9.17) is 5.26 Å². The number of hydrogen-bond donors (Lipinski definition) is 2. The Morgan fingerprint density at radius 2 is 2.24 bits per heavy atom. The van der Waals surface area contributed by atoms with Crippen molar-refractivity contribution in [2.45, 2.75) is 69.6 Å². The summed E-state index contributed by atoms with van der Waals surface area (Å²) in [6.45, 7) is 4.66. The second kappa shape index (κ2) is 6.82. The molecule has 0 aromatic carbocycles. The third-order valence-corrected chi connectivity index (χ3v) is 6.53. The van der Waals surface area contributed by atoms with E-state index >= 15 is 0 Å². The van der Waals surface area contributed by atoms with Crippen LogP contribution in [0.25, 0.3) is 0 Å². The molecular weight excluding hydrogens is 321 g/mol. The largest absolute Gasteiger partial charge is 0.354 e. The standard InChI is InChI=1S/C18H28FN5O/c1-11-9-21-17(25)14-7-13(19)8-15-16(14)24(11)18(22-15)23-6-2-3-12(10-23)4-5-20/h11-16,18,22H,2-4,6-10H2,1H3,(H,21,25)/t11-,12+,13?,14?,15?,16?,18?/m0/s1. The molecule has 3 heterocycles. The molecule has 4 aliphatic rings. The molecule has 3 saturated heterocycles. The molecule has 6 nitrogen and oxygen atoms in total. The van der Waals surface area contributed by atoms with E-state index in [1.807, 2.05) is 0 Å². The highest BCUT2D eigenvalue weighted by Crippen LogP contribution is 2.39. The van der Waals surface area contributed by atoms with Crippen LogP contribution in [-0.2, 0) is 4.79 Å². The van der Waals surface area contributed by atoms with Crippen LogP contribution in [0.2, 0.25) is 0 Å². The van der Waals surface area contributed by atoms with Gasteiger partial charge in [0, 0.05) is 44.2 Å². The summed E-state index contributed by atoms with van der Waals surface area (Å²) in [7, 11) is 0. The quantitative estimate of drug-likeness (QED) is 0.772. The zero-order valence-electron chi connectivity index (χ0n) is 14.8. The average Bonchev–Trinajstić information content (AvgIpc) is 2.92. The van der Waals surface area contributed by atoms with E-state index in [0.29, 0.717) is 31.7 Å². The Hall–Kier alpha value is -1.23. The van der Waals surface area contributed by atoms with Gasteiger partial charge in [-0.3, -0.25) is 19.9 Å². The monoisotopic (exact) mass is 349 g/mol. The van der Waals surface area contributed by atoms with Crippen LogP contribution in [-0.4, -0.2) is 65.9 Å². The number of carbonyl (C=O) groups is 1. The highest BCUT2D eigenvalue weighted by atomic mass is 19.1. The van der Waals surface area contributed by atoms with Crippen molar-refractivity contribution in [3.63, 3.8) is 0 Å². The second-order valence-corrected chi connectivity index (χ2v) is 8.22. The molecule has 138 valence electrons. The molecule has 0 spiro atoms. The number of nitrogens with one attached hydrogen (secondary N) is 2. The van der Waals surface area contributed by atoms with Gasteiger partial charge in [0.1, 0.15) is 12.5 Å². The molecule has 25 heavy (non-hydrogen) atoms. The van der Waals surface area contributed by atoms with E-state index < -0.39 is 6.17 Å². The van der Waals surface area contributed by atoms with Crippen molar-refractivity contribution >= 4 is 5.91 Å². The number of nitriles is 1. The lowest BCUT2D eigenvalue weighted by Crippen LogP contribution is -2.58. The van der Waals surface area contributed by atoms with Crippen molar-refractivity contribution in [2.24, 2.45) is 11.8 Å². The van der Waals surface area contributed by atoms with Gasteiger partial charge in [-0.05, 0) is 38.5 Å². The minimum atomic E-state index is -0.911. The molecule has 0 aromatic heterocycles. The van der Waals surface area contributed by atoms with Gasteiger partial charge < -0.3 is 5.32 Å². The summed E-state index contributed by atoms with van der Waals surface area (Å²) in [5.74, 6) is 0.154. The lowest BCUT2D eigenvalue weighted by atomic mass is 9.80. The molecule has 2 N–H and O–H groups in total. The van der Waals surface area contributed by atoms with Crippen molar-refractivity contribution in [3.8, 4) is 6.07 Å². The molecule has 1 aliphatic carbocycles. The van der Waals surface area contributed by atoms with Gasteiger partial charge in [-0.1, -0.05) is 0 Å². The Kier molecular flexibility index (Phi) is 4.69. The summed E-state index contributed by atoms with van der Waals surface area (Å²) >= 11 is 0. The summed E-state index contributed by atoms with van der Waals surface area (Å²) in [5, 5.41) is 15.7. The molecule has 0 radical (unpaired) electrons. The molecule has 7 heteroatoms. The molecule has 4 rings (SSSR count). The Morgan fingerprint density at radius 3 is 3.04 bits per heavy atom. The van der Waals surface area contributed by atoms with E-state index in [9.17, 15) is 9.18 Å². The molecule has 5 unspecified atom stereocenters. The molecule has 0 bridgehead atoms. The molecule has 1 saturated carbocycles. The van der Waals surface area contributed by atoms with Crippen molar-refractivity contribution in [2.75, 3.05) is 19.6 Å². The minimum Gasteiger partial charge on any atom is -0.354 e. The van der Waals surface area contributed by atoms with Crippen LogP contribution < -0.4 is 10.6 Å². The third kappa shape index (κ3) is 3.05. The van der Waals surface area contributed by atoms with Crippen LogP contribution in [0.1, 0.15) is 39.0 Å². The first-order valence-corrected chi connectivity index (χ1v) is 9.64. The number of piperidine rings is 1. The SMILES string of the molecule is C[C@H]1CNC(=O)C2CC(F)CC3NC(N4CCC[C@H](CC#N)C4)N1C32. The number of hydrogen-bond acceptors (Lipinski definition) is 5. The predicted molar refractivity (Wildman–Crippen MR) is 91.0 cm³/mol. The van der Waals surface area contributed by atoms with Crippen molar-refractivity contribution in [3.05, 3.63) is 0 Å². The number of amides is 1. The molecule has 0 aromatic rings. The van der Waals surface area contributed by atoms with Crippen LogP contribution in [0.15, 0.2) is 0 Å². The fourth-order valence-corrected chi connectivity index (χ4v) is 5.42. The number of alkyl halides is 1. The fraction of sp³-hybridized carbons (Fsp3) is 0.889. The zero-order valence-corrected chi connectivity index (χ0v) is 14.8. The normalized spacial score (nSPS) is 45.3. The van der Waals surface area contributed by atoms with Crippen LogP contribution in [0.5, 0.6) is 0 Å². The van der Waals surface area contributed by atoms with Gasteiger partial charge in [-0.15, -0.1) is 0 Å². The van der Waals surface area contributed by atoms with Crippen molar-refractivity contribution in [1.29, 1.82) is 5.26 Å². The highest BCUT2D eigenvalue weighted by Gasteiger charge is 2.55. The Bertz CT molecular complexity index is 566. The molecule has 4 fully saturated rings. The van der Waals surface area contributed by atoms with Crippen LogP contribution >= 0.6 is 0 Å². The van der Waals surface area contributed by atoms with Gasteiger partial charge >= 0.3 is 0 Å². The Balaban J connectivity index is 1.59. The summed E-state index contributed by atoms with van der Waals surface area (Å²) in [4.78, 5) is 17.3. The highest BCUT2D eigenvalue weighted by molar-refractivity contribution is 5.80. The molecular formula is C18H28FN5O. The lowest BCUT2D eigenvalue weighted by molar-refractivity contribution is -0.128. The first-order valence-electron chi connectivity index (χ1n) is 9.64. The van der Waals surface area contributed by atoms with Crippen LogP contribution in [0.3, 0.4) is 0 Å². The zero-order chi connectivity index (χ0) is 17.6. The lowest BCUT2D eigenvalue weighted by Gasteiger charge is -2.43. The average molecular weight is 349 g/mol. The maximum Gasteiger partial charge on any atom is 0.224 e. The number of likely N-dealkylation sites (tertiary alicyclic amines) is 1. The topological polar surface area (TPSA) is 71.4 Å². The number of nitrogens with zero attached hydrogens (tertiary/aromatic N) is 3. The van der Waals surface area contributed by atoms with E-state index in [1.54, 1.807) is 0 Å². The summed E-state index contributed by atoms with van der Waals surface area (Å²) in [6.07, 6.45) is 2.76. The predicted octanol–water partition coefficient (Wildman–Crippen LogP) is 0.804. The van der Waals surface area contributed by atoms with E-state index in [2.05, 4.69) is 33.4 Å². The molecule has 3 aliphatic heterocycles. The second-order valence-electron chi connectivity index (χ2n) is 8.22. The first-order chi connectivity index (χ1) is 12.1.